The Balaban J connectivity index is 1.54. The summed E-state index contributed by atoms with van der Waals surface area (Å²) < 4.78 is 25.3. The van der Waals surface area contributed by atoms with Crippen LogP contribution in [0.15, 0.2) is 71.8 Å². The van der Waals surface area contributed by atoms with Gasteiger partial charge in [0.25, 0.3) is 0 Å². The van der Waals surface area contributed by atoms with Gasteiger partial charge in [-0.15, -0.1) is 0 Å². The molecule has 0 saturated carbocycles. The van der Waals surface area contributed by atoms with Crippen molar-refractivity contribution in [2.75, 3.05) is 6.61 Å². The summed E-state index contributed by atoms with van der Waals surface area (Å²) in [4.78, 5) is 0. The Bertz CT molecular complexity index is 1100. The molecule has 0 amide bonds. The quantitative estimate of drug-likeness (QED) is 0.508. The van der Waals surface area contributed by atoms with E-state index in [2.05, 4.69) is 0 Å². The fourth-order valence-corrected chi connectivity index (χ4v) is 4.17. The third kappa shape index (κ3) is 3.39. The van der Waals surface area contributed by atoms with E-state index in [-0.39, 0.29) is 11.9 Å². The van der Waals surface area contributed by atoms with E-state index in [0.29, 0.717) is 11.6 Å². The molecule has 6 heteroatoms. The smallest absolute Gasteiger partial charge is 0.213 e. The molecule has 0 N–H and O–H groups in total. The lowest BCUT2D eigenvalue weighted by molar-refractivity contribution is -0.0190. The maximum absolute atomic E-state index is 13.5. The number of fused-ring (bicyclic) bond motifs is 3. The highest BCUT2D eigenvalue weighted by Crippen LogP contribution is 2.48. The highest BCUT2D eigenvalue weighted by atomic mass is 35.5. The minimum absolute atomic E-state index is 0.0101. The lowest BCUT2D eigenvalue weighted by Gasteiger charge is -2.38. The Labute approximate surface area is 179 Å². The van der Waals surface area contributed by atoms with Gasteiger partial charge in [0.05, 0.1) is 18.4 Å². The number of rotatable bonds is 4. The summed E-state index contributed by atoms with van der Waals surface area (Å²) in [6.45, 7) is 2.59. The van der Waals surface area contributed by atoms with Crippen molar-refractivity contribution in [3.63, 3.8) is 0 Å². The second kappa shape index (κ2) is 7.65. The Hall–Kier alpha value is -3.05. The van der Waals surface area contributed by atoms with Gasteiger partial charge < -0.3 is 9.47 Å². The number of halogens is 2. The standard InChI is InChI=1S/C24H20ClFN2O2/c1-2-29-19-10-5-15(6-11-19)21-14-22-20-13-17(25)7-12-23(20)30-24(28(22)27-21)16-3-8-18(26)9-4-16/h3-13,22,24H,2,14H2,1H3. The van der Waals surface area contributed by atoms with E-state index in [9.17, 15) is 4.39 Å². The summed E-state index contributed by atoms with van der Waals surface area (Å²) in [7, 11) is 0. The summed E-state index contributed by atoms with van der Waals surface area (Å²) in [5, 5.41) is 7.53. The van der Waals surface area contributed by atoms with Crippen LogP contribution in [0.25, 0.3) is 0 Å². The molecule has 5 rings (SSSR count). The van der Waals surface area contributed by atoms with Crippen molar-refractivity contribution in [3.05, 3.63) is 94.3 Å². The van der Waals surface area contributed by atoms with Gasteiger partial charge in [0.15, 0.2) is 0 Å². The Kier molecular flexibility index (Phi) is 4.83. The topological polar surface area (TPSA) is 34.1 Å². The molecular formula is C24H20ClFN2O2. The third-order valence-corrected chi connectivity index (χ3v) is 5.64. The average Bonchev–Trinajstić information content (AvgIpc) is 3.21. The number of hydrogen-bond donors (Lipinski definition) is 0. The van der Waals surface area contributed by atoms with Crippen molar-refractivity contribution in [1.82, 2.24) is 5.01 Å². The Morgan fingerprint density at radius 2 is 1.87 bits per heavy atom. The van der Waals surface area contributed by atoms with Gasteiger partial charge in [0, 0.05) is 22.6 Å². The van der Waals surface area contributed by atoms with Crippen LogP contribution in [0, 0.1) is 5.82 Å². The molecule has 3 aromatic rings. The molecule has 30 heavy (non-hydrogen) atoms. The van der Waals surface area contributed by atoms with Crippen molar-refractivity contribution < 1.29 is 13.9 Å². The number of hydrogen-bond acceptors (Lipinski definition) is 4. The zero-order valence-corrected chi connectivity index (χ0v) is 17.1. The van der Waals surface area contributed by atoms with Gasteiger partial charge in [0.1, 0.15) is 17.3 Å². The Morgan fingerprint density at radius 1 is 1.10 bits per heavy atom. The first-order valence-electron chi connectivity index (χ1n) is 9.93. The first-order chi connectivity index (χ1) is 14.6. The van der Waals surface area contributed by atoms with Crippen LogP contribution >= 0.6 is 11.6 Å². The van der Waals surface area contributed by atoms with Crippen LogP contribution in [-0.4, -0.2) is 17.3 Å². The zero-order chi connectivity index (χ0) is 20.7. The van der Waals surface area contributed by atoms with Crippen molar-refractivity contribution in [2.45, 2.75) is 25.6 Å². The molecule has 0 fully saturated rings. The van der Waals surface area contributed by atoms with Crippen molar-refractivity contribution >= 4 is 17.3 Å². The molecule has 2 heterocycles. The second-order valence-corrected chi connectivity index (χ2v) is 7.74. The molecule has 0 aromatic heterocycles. The molecule has 2 aliphatic heterocycles. The molecule has 0 saturated heterocycles. The van der Waals surface area contributed by atoms with Crippen LogP contribution in [0.4, 0.5) is 4.39 Å². The molecule has 0 spiro atoms. The van der Waals surface area contributed by atoms with Crippen LogP contribution in [0.3, 0.4) is 0 Å². The molecule has 0 bridgehead atoms. The number of hydrazone groups is 1. The lowest BCUT2D eigenvalue weighted by atomic mass is 9.96. The van der Waals surface area contributed by atoms with E-state index in [4.69, 9.17) is 26.2 Å². The summed E-state index contributed by atoms with van der Waals surface area (Å²) in [5.41, 5.74) is 3.85. The summed E-state index contributed by atoms with van der Waals surface area (Å²) in [6.07, 6.45) is 0.284. The van der Waals surface area contributed by atoms with Crippen LogP contribution < -0.4 is 9.47 Å². The Morgan fingerprint density at radius 3 is 2.60 bits per heavy atom. The average molecular weight is 423 g/mol. The van der Waals surface area contributed by atoms with E-state index in [1.165, 1.54) is 12.1 Å². The maximum atomic E-state index is 13.5. The van der Waals surface area contributed by atoms with Crippen LogP contribution in [0.2, 0.25) is 5.02 Å². The molecule has 152 valence electrons. The molecule has 3 aromatic carbocycles. The predicted octanol–water partition coefficient (Wildman–Crippen LogP) is 6.12. The van der Waals surface area contributed by atoms with Gasteiger partial charge in [-0.2, -0.15) is 5.10 Å². The van der Waals surface area contributed by atoms with Crippen molar-refractivity contribution in [1.29, 1.82) is 0 Å². The van der Waals surface area contributed by atoms with Crippen molar-refractivity contribution in [3.8, 4) is 11.5 Å². The highest BCUT2D eigenvalue weighted by molar-refractivity contribution is 6.30. The molecular weight excluding hydrogens is 403 g/mol. The molecule has 0 aliphatic carbocycles. The third-order valence-electron chi connectivity index (χ3n) is 5.41. The highest BCUT2D eigenvalue weighted by Gasteiger charge is 2.41. The fraction of sp³-hybridized carbons (Fsp3) is 0.208. The molecule has 2 atom stereocenters. The minimum atomic E-state index is -0.440. The molecule has 0 radical (unpaired) electrons. The second-order valence-electron chi connectivity index (χ2n) is 7.31. The van der Waals surface area contributed by atoms with Gasteiger partial charge in [-0.3, -0.25) is 0 Å². The van der Waals surface area contributed by atoms with Gasteiger partial charge in [0.2, 0.25) is 6.23 Å². The van der Waals surface area contributed by atoms with Gasteiger partial charge in [-0.25, -0.2) is 9.40 Å². The largest absolute Gasteiger partial charge is 0.494 e. The van der Waals surface area contributed by atoms with Gasteiger partial charge in [-0.1, -0.05) is 23.7 Å². The van der Waals surface area contributed by atoms with Crippen LogP contribution in [0.5, 0.6) is 11.5 Å². The number of benzene rings is 3. The normalized spacial score (nSPS) is 19.6. The predicted molar refractivity (Wildman–Crippen MR) is 115 cm³/mol. The zero-order valence-electron chi connectivity index (χ0n) is 16.4. The minimum Gasteiger partial charge on any atom is -0.494 e. The van der Waals surface area contributed by atoms with E-state index in [1.807, 2.05) is 54.4 Å². The number of ether oxygens (including phenoxy) is 2. The van der Waals surface area contributed by atoms with Gasteiger partial charge >= 0.3 is 0 Å². The number of nitrogens with zero attached hydrogens (tertiary/aromatic N) is 2. The van der Waals surface area contributed by atoms with Crippen LogP contribution in [-0.2, 0) is 0 Å². The summed E-state index contributed by atoms with van der Waals surface area (Å²) in [6, 6.07) is 20.0. The molecule has 4 nitrogen and oxygen atoms in total. The van der Waals surface area contributed by atoms with E-state index in [0.717, 1.165) is 40.3 Å². The fourth-order valence-electron chi connectivity index (χ4n) is 3.99. The van der Waals surface area contributed by atoms with Gasteiger partial charge in [-0.05, 0) is 67.1 Å². The summed E-state index contributed by atoms with van der Waals surface area (Å²) in [5.74, 6) is 1.33. The monoisotopic (exact) mass is 422 g/mol. The van der Waals surface area contributed by atoms with E-state index < -0.39 is 6.23 Å². The first-order valence-corrected chi connectivity index (χ1v) is 10.3. The summed E-state index contributed by atoms with van der Waals surface area (Å²) >= 11 is 6.27. The SMILES string of the molecule is CCOc1ccc(C2=NN3C(C2)c2cc(Cl)ccc2OC3c2ccc(F)cc2)cc1. The van der Waals surface area contributed by atoms with Crippen LogP contribution in [0.1, 0.15) is 42.3 Å². The first kappa shape index (κ1) is 18.9. The lowest BCUT2D eigenvalue weighted by Crippen LogP contribution is -2.33. The van der Waals surface area contributed by atoms with E-state index in [1.54, 1.807) is 12.1 Å². The maximum Gasteiger partial charge on any atom is 0.213 e. The van der Waals surface area contributed by atoms with E-state index >= 15 is 0 Å². The molecule has 2 aliphatic rings. The molecule has 2 unspecified atom stereocenters. The van der Waals surface area contributed by atoms with Crippen molar-refractivity contribution in [2.24, 2.45) is 5.10 Å².